The van der Waals surface area contributed by atoms with E-state index in [2.05, 4.69) is 35.6 Å². The Labute approximate surface area is 116 Å². The molecule has 1 aliphatic heterocycles. The van der Waals surface area contributed by atoms with Crippen LogP contribution in [0.25, 0.3) is 10.8 Å². The van der Waals surface area contributed by atoms with Gasteiger partial charge in [-0.15, -0.1) is 0 Å². The number of hydrogen-bond acceptors (Lipinski definition) is 1. The standard InChI is InChI=1S/C15H18N2OS/c1-16-8-10-17(11-9-16)19(18)15-7-6-13-4-2-3-5-14(13)12-15/h2-7,12H,8-11H2,1H3/p+1/t19-/m1/s1. The molecule has 19 heavy (non-hydrogen) atoms. The monoisotopic (exact) mass is 275 g/mol. The molecule has 4 heteroatoms. The van der Waals surface area contributed by atoms with Crippen molar-refractivity contribution in [3.63, 3.8) is 0 Å². The summed E-state index contributed by atoms with van der Waals surface area (Å²) in [5, 5.41) is 2.36. The first-order valence-corrected chi connectivity index (χ1v) is 7.82. The Kier molecular flexibility index (Phi) is 3.64. The predicted molar refractivity (Wildman–Crippen MR) is 78.6 cm³/mol. The molecule has 2 aromatic carbocycles. The van der Waals surface area contributed by atoms with Gasteiger partial charge in [-0.3, -0.25) is 0 Å². The summed E-state index contributed by atoms with van der Waals surface area (Å²) in [7, 11) is 1.17. The van der Waals surface area contributed by atoms with Crippen molar-refractivity contribution in [3.8, 4) is 0 Å². The number of hydrogen-bond donors (Lipinski definition) is 1. The van der Waals surface area contributed by atoms with E-state index in [1.165, 1.54) is 10.3 Å². The van der Waals surface area contributed by atoms with Crippen molar-refractivity contribution in [3.05, 3.63) is 42.5 Å². The summed E-state index contributed by atoms with van der Waals surface area (Å²) >= 11 is 0. The molecule has 0 saturated carbocycles. The van der Waals surface area contributed by atoms with E-state index in [9.17, 15) is 4.21 Å². The Morgan fingerprint density at radius 1 is 1.05 bits per heavy atom. The number of nitrogens with zero attached hydrogens (tertiary/aromatic N) is 1. The van der Waals surface area contributed by atoms with E-state index >= 15 is 0 Å². The minimum Gasteiger partial charge on any atom is -0.335 e. The fraction of sp³-hybridized carbons (Fsp3) is 0.333. The summed E-state index contributed by atoms with van der Waals surface area (Å²) in [4.78, 5) is 2.44. The first-order chi connectivity index (χ1) is 9.24. The van der Waals surface area contributed by atoms with Crippen LogP contribution in [0.2, 0.25) is 0 Å². The summed E-state index contributed by atoms with van der Waals surface area (Å²) < 4.78 is 14.7. The third-order valence-corrected chi connectivity index (χ3v) is 5.22. The highest BCUT2D eigenvalue weighted by Crippen LogP contribution is 2.19. The zero-order chi connectivity index (χ0) is 13.2. The lowest BCUT2D eigenvalue weighted by molar-refractivity contribution is -0.883. The van der Waals surface area contributed by atoms with Crippen LogP contribution in [0.15, 0.2) is 47.4 Å². The maximum Gasteiger partial charge on any atom is 0.128 e. The van der Waals surface area contributed by atoms with Gasteiger partial charge in [-0.25, -0.2) is 8.51 Å². The Morgan fingerprint density at radius 2 is 1.74 bits per heavy atom. The first kappa shape index (κ1) is 12.8. The van der Waals surface area contributed by atoms with Crippen LogP contribution >= 0.6 is 0 Å². The maximum absolute atomic E-state index is 12.6. The van der Waals surface area contributed by atoms with Gasteiger partial charge >= 0.3 is 0 Å². The fourth-order valence-electron chi connectivity index (χ4n) is 2.46. The van der Waals surface area contributed by atoms with E-state index in [1.54, 1.807) is 0 Å². The molecule has 1 aliphatic rings. The molecule has 1 fully saturated rings. The van der Waals surface area contributed by atoms with Gasteiger partial charge in [0.05, 0.1) is 38.1 Å². The van der Waals surface area contributed by atoms with Crippen LogP contribution in [0.1, 0.15) is 0 Å². The highest BCUT2D eigenvalue weighted by Gasteiger charge is 2.22. The maximum atomic E-state index is 12.6. The number of quaternary nitrogens is 1. The van der Waals surface area contributed by atoms with E-state index in [-0.39, 0.29) is 0 Å². The summed E-state index contributed by atoms with van der Waals surface area (Å²) in [6.45, 7) is 3.95. The van der Waals surface area contributed by atoms with Crippen molar-refractivity contribution < 1.29 is 9.11 Å². The van der Waals surface area contributed by atoms with Crippen molar-refractivity contribution in [1.29, 1.82) is 0 Å². The first-order valence-electron chi connectivity index (χ1n) is 6.71. The molecular formula is C15H19N2OS+. The molecule has 1 heterocycles. The van der Waals surface area contributed by atoms with Crippen molar-refractivity contribution in [2.24, 2.45) is 0 Å². The van der Waals surface area contributed by atoms with Gasteiger partial charge in [0.2, 0.25) is 0 Å². The molecule has 0 spiro atoms. The highest BCUT2D eigenvalue weighted by atomic mass is 32.2. The molecule has 0 aromatic heterocycles. The van der Waals surface area contributed by atoms with Gasteiger partial charge in [-0.05, 0) is 22.9 Å². The molecule has 100 valence electrons. The average molecular weight is 275 g/mol. The number of fused-ring (bicyclic) bond motifs is 1. The van der Waals surface area contributed by atoms with Crippen molar-refractivity contribution in [2.75, 3.05) is 33.2 Å². The molecule has 1 N–H and O–H groups in total. The van der Waals surface area contributed by atoms with Gasteiger partial charge in [0, 0.05) is 0 Å². The third-order valence-electron chi connectivity index (χ3n) is 3.73. The SMILES string of the molecule is C[NH+]1CCN([S@](=O)c2ccc3ccccc3c2)CC1. The second-order valence-electron chi connectivity index (χ2n) is 5.14. The predicted octanol–water partition coefficient (Wildman–Crippen LogP) is 0.693. The van der Waals surface area contributed by atoms with E-state index in [0.29, 0.717) is 0 Å². The molecule has 1 atom stereocenters. The number of rotatable bonds is 2. The minimum atomic E-state index is -1.02. The molecule has 3 rings (SSSR count). The average Bonchev–Trinajstić information content (AvgIpc) is 2.47. The lowest BCUT2D eigenvalue weighted by atomic mass is 10.1. The lowest BCUT2D eigenvalue weighted by Gasteiger charge is -2.28. The van der Waals surface area contributed by atoms with Gasteiger partial charge in [-0.2, -0.15) is 0 Å². The van der Waals surface area contributed by atoms with Crippen LogP contribution in [-0.4, -0.2) is 41.7 Å². The van der Waals surface area contributed by atoms with Gasteiger partial charge < -0.3 is 4.90 Å². The Morgan fingerprint density at radius 3 is 2.47 bits per heavy atom. The van der Waals surface area contributed by atoms with E-state index in [4.69, 9.17) is 0 Å². The van der Waals surface area contributed by atoms with Crippen LogP contribution in [0.5, 0.6) is 0 Å². The van der Waals surface area contributed by atoms with Gasteiger partial charge in [-0.1, -0.05) is 30.3 Å². The molecule has 3 nitrogen and oxygen atoms in total. The Bertz CT molecular complexity index is 606. The zero-order valence-corrected chi connectivity index (χ0v) is 12.0. The molecule has 2 aromatic rings. The smallest absolute Gasteiger partial charge is 0.128 e. The van der Waals surface area contributed by atoms with Crippen molar-refractivity contribution in [2.45, 2.75) is 4.90 Å². The van der Waals surface area contributed by atoms with E-state index in [1.807, 2.05) is 18.2 Å². The molecule has 0 unspecified atom stereocenters. The topological polar surface area (TPSA) is 24.8 Å². The number of piperazine rings is 1. The van der Waals surface area contributed by atoms with Crippen LogP contribution in [-0.2, 0) is 11.0 Å². The number of likely N-dealkylation sites (N-methyl/N-ethyl adjacent to an activating group) is 1. The van der Waals surface area contributed by atoms with Crippen molar-refractivity contribution in [1.82, 2.24) is 4.31 Å². The lowest BCUT2D eigenvalue weighted by Crippen LogP contribution is -3.11. The molecule has 0 radical (unpaired) electrons. The van der Waals surface area contributed by atoms with Crippen LogP contribution in [0.4, 0.5) is 0 Å². The summed E-state index contributed by atoms with van der Waals surface area (Å²) in [6.07, 6.45) is 0. The van der Waals surface area contributed by atoms with Crippen molar-refractivity contribution >= 4 is 21.8 Å². The van der Waals surface area contributed by atoms with Crippen LogP contribution in [0.3, 0.4) is 0 Å². The normalized spacial score (nSPS) is 19.6. The summed E-state index contributed by atoms with van der Waals surface area (Å²) in [5.41, 5.74) is 0. The Hall–Kier alpha value is -1.23. The molecule has 0 amide bonds. The third kappa shape index (κ3) is 2.71. The van der Waals surface area contributed by atoms with E-state index < -0.39 is 11.0 Å². The van der Waals surface area contributed by atoms with Gasteiger partial charge in [0.25, 0.3) is 0 Å². The zero-order valence-electron chi connectivity index (χ0n) is 11.1. The highest BCUT2D eigenvalue weighted by molar-refractivity contribution is 7.82. The molecule has 0 aliphatic carbocycles. The second-order valence-corrected chi connectivity index (χ2v) is 6.63. The summed E-state index contributed by atoms with van der Waals surface area (Å²) in [5.74, 6) is 0. The fourth-order valence-corrected chi connectivity index (χ4v) is 3.68. The molecular weight excluding hydrogens is 256 g/mol. The second kappa shape index (κ2) is 5.41. The van der Waals surface area contributed by atoms with E-state index in [0.717, 1.165) is 36.5 Å². The van der Waals surface area contributed by atoms with Gasteiger partial charge in [0.1, 0.15) is 11.0 Å². The molecule has 1 saturated heterocycles. The number of nitrogens with one attached hydrogen (secondary N) is 1. The molecule has 0 bridgehead atoms. The minimum absolute atomic E-state index is 0.908. The van der Waals surface area contributed by atoms with Gasteiger partial charge in [0.15, 0.2) is 0 Å². The quantitative estimate of drug-likeness (QED) is 0.857. The number of benzene rings is 2. The van der Waals surface area contributed by atoms with Crippen LogP contribution < -0.4 is 4.90 Å². The van der Waals surface area contributed by atoms with Crippen LogP contribution in [0, 0.1) is 0 Å². The largest absolute Gasteiger partial charge is 0.335 e. The summed E-state index contributed by atoms with van der Waals surface area (Å²) in [6, 6.07) is 14.3. The Balaban J connectivity index is 1.85.